The van der Waals surface area contributed by atoms with Crippen LogP contribution in [0.4, 0.5) is 0 Å². The molecule has 4 heteroatoms. The molecule has 2 aliphatic rings. The van der Waals surface area contributed by atoms with Crippen LogP contribution in [0, 0.1) is 5.92 Å². The quantitative estimate of drug-likeness (QED) is 0.782. The Hall–Kier alpha value is -1.42. The maximum atomic E-state index is 6.29. The molecule has 1 heterocycles. The van der Waals surface area contributed by atoms with Crippen LogP contribution in [0.3, 0.4) is 0 Å². The molecule has 1 fully saturated rings. The van der Waals surface area contributed by atoms with Gasteiger partial charge in [-0.15, -0.1) is 0 Å². The van der Waals surface area contributed by atoms with Gasteiger partial charge < -0.3 is 19.5 Å². The molecular weight excluding hydrogens is 266 g/mol. The molecule has 1 aromatic carbocycles. The van der Waals surface area contributed by atoms with Crippen LogP contribution in [0.25, 0.3) is 0 Å². The molecule has 0 aromatic heterocycles. The van der Waals surface area contributed by atoms with E-state index in [4.69, 9.17) is 14.2 Å². The minimum Gasteiger partial charge on any atom is -0.487 e. The lowest BCUT2D eigenvalue weighted by molar-refractivity contribution is -0.0144. The summed E-state index contributed by atoms with van der Waals surface area (Å²) in [6, 6.07) is 5.86. The molecule has 4 nitrogen and oxygen atoms in total. The fourth-order valence-corrected chi connectivity index (χ4v) is 2.87. The molecule has 1 saturated carbocycles. The van der Waals surface area contributed by atoms with E-state index in [-0.39, 0.29) is 5.60 Å². The number of ether oxygens (including phenoxy) is 3. The number of nitrogens with one attached hydrogen (secondary N) is 1. The van der Waals surface area contributed by atoms with E-state index in [2.05, 4.69) is 19.2 Å². The Kier molecular flexibility index (Phi) is 4.24. The topological polar surface area (TPSA) is 39.7 Å². The summed E-state index contributed by atoms with van der Waals surface area (Å²) in [6.45, 7) is 6.86. The Morgan fingerprint density at radius 2 is 2.05 bits per heavy atom. The van der Waals surface area contributed by atoms with Crippen molar-refractivity contribution in [3.05, 3.63) is 18.2 Å². The number of benzene rings is 1. The van der Waals surface area contributed by atoms with E-state index in [0.29, 0.717) is 12.7 Å². The zero-order valence-corrected chi connectivity index (χ0v) is 13.0. The van der Waals surface area contributed by atoms with Gasteiger partial charge in [0.05, 0.1) is 0 Å². The first-order chi connectivity index (χ1) is 10.2. The van der Waals surface area contributed by atoms with Crippen molar-refractivity contribution < 1.29 is 14.2 Å². The molecule has 0 saturated heterocycles. The van der Waals surface area contributed by atoms with Gasteiger partial charge in [-0.1, -0.05) is 13.8 Å². The summed E-state index contributed by atoms with van der Waals surface area (Å²) in [5.41, 5.74) is 0.0116. The van der Waals surface area contributed by atoms with Gasteiger partial charge in [0.2, 0.25) is 6.79 Å². The van der Waals surface area contributed by atoms with Crippen LogP contribution in [0.1, 0.15) is 39.5 Å². The largest absolute Gasteiger partial charge is 0.487 e. The Morgan fingerprint density at radius 1 is 1.24 bits per heavy atom. The van der Waals surface area contributed by atoms with Crippen molar-refractivity contribution in [2.24, 2.45) is 5.92 Å². The monoisotopic (exact) mass is 291 g/mol. The van der Waals surface area contributed by atoms with E-state index in [1.54, 1.807) is 0 Å². The van der Waals surface area contributed by atoms with Gasteiger partial charge in [-0.2, -0.15) is 0 Å². The second-order valence-electron chi connectivity index (χ2n) is 6.50. The van der Waals surface area contributed by atoms with Crippen molar-refractivity contribution in [2.75, 3.05) is 19.9 Å². The molecule has 0 spiro atoms. The maximum Gasteiger partial charge on any atom is 0.231 e. The predicted octanol–water partition coefficient (Wildman–Crippen LogP) is 3.35. The van der Waals surface area contributed by atoms with E-state index < -0.39 is 0 Å². The van der Waals surface area contributed by atoms with Crippen molar-refractivity contribution in [3.63, 3.8) is 0 Å². The van der Waals surface area contributed by atoms with Gasteiger partial charge in [-0.05, 0) is 56.8 Å². The zero-order valence-electron chi connectivity index (χ0n) is 13.0. The summed E-state index contributed by atoms with van der Waals surface area (Å²) in [7, 11) is 0. The van der Waals surface area contributed by atoms with E-state index in [1.807, 2.05) is 18.2 Å². The van der Waals surface area contributed by atoms with Gasteiger partial charge in [-0.25, -0.2) is 0 Å². The SMILES string of the molecule is CC(C)CNCCC1(Oc2ccc3c(c2)OCO3)CCC1. The Morgan fingerprint density at radius 3 is 2.76 bits per heavy atom. The van der Waals surface area contributed by atoms with Gasteiger partial charge >= 0.3 is 0 Å². The Labute approximate surface area is 126 Å². The molecule has 0 unspecified atom stereocenters. The molecule has 1 N–H and O–H groups in total. The maximum absolute atomic E-state index is 6.29. The highest BCUT2D eigenvalue weighted by Crippen LogP contribution is 2.42. The number of rotatable bonds is 7. The molecule has 116 valence electrons. The fourth-order valence-electron chi connectivity index (χ4n) is 2.87. The molecule has 0 bridgehead atoms. The van der Waals surface area contributed by atoms with Crippen LogP contribution in [0.2, 0.25) is 0 Å². The standard InChI is InChI=1S/C17H25NO3/c1-13(2)11-18-9-8-17(6-3-7-17)21-14-4-5-15-16(10-14)20-12-19-15/h4-5,10,13,18H,3,6-9,11-12H2,1-2H3. The molecule has 3 rings (SSSR count). The zero-order chi connectivity index (χ0) is 14.7. The normalized spacial score (nSPS) is 18.6. The summed E-state index contributed by atoms with van der Waals surface area (Å²) >= 11 is 0. The molecule has 0 atom stereocenters. The third-order valence-electron chi connectivity index (χ3n) is 4.25. The smallest absolute Gasteiger partial charge is 0.231 e. The summed E-state index contributed by atoms with van der Waals surface area (Å²) in [5.74, 6) is 3.18. The van der Waals surface area contributed by atoms with Crippen molar-refractivity contribution in [1.82, 2.24) is 5.32 Å². The van der Waals surface area contributed by atoms with E-state index >= 15 is 0 Å². The second-order valence-corrected chi connectivity index (χ2v) is 6.50. The summed E-state index contributed by atoms with van der Waals surface area (Å²) in [5, 5.41) is 3.51. The van der Waals surface area contributed by atoms with Gasteiger partial charge in [0.1, 0.15) is 11.4 Å². The van der Waals surface area contributed by atoms with E-state index in [9.17, 15) is 0 Å². The minimum absolute atomic E-state index is 0.0116. The van der Waals surface area contributed by atoms with Gasteiger partial charge in [0.15, 0.2) is 11.5 Å². The lowest BCUT2D eigenvalue weighted by atomic mass is 9.77. The predicted molar refractivity (Wildman–Crippen MR) is 82.1 cm³/mol. The highest BCUT2D eigenvalue weighted by atomic mass is 16.7. The van der Waals surface area contributed by atoms with Gasteiger partial charge in [0, 0.05) is 6.07 Å². The van der Waals surface area contributed by atoms with Crippen molar-refractivity contribution >= 4 is 0 Å². The van der Waals surface area contributed by atoms with Crippen molar-refractivity contribution in [3.8, 4) is 17.2 Å². The molecule has 0 amide bonds. The average Bonchev–Trinajstić information content (AvgIpc) is 2.87. The van der Waals surface area contributed by atoms with Gasteiger partial charge in [-0.3, -0.25) is 0 Å². The minimum atomic E-state index is 0.0116. The second kappa shape index (κ2) is 6.14. The summed E-state index contributed by atoms with van der Waals surface area (Å²) in [4.78, 5) is 0. The number of fused-ring (bicyclic) bond motifs is 1. The molecule has 1 aliphatic carbocycles. The summed E-state index contributed by atoms with van der Waals surface area (Å²) in [6.07, 6.45) is 4.61. The van der Waals surface area contributed by atoms with Crippen molar-refractivity contribution in [1.29, 1.82) is 0 Å². The van der Waals surface area contributed by atoms with E-state index in [1.165, 1.54) is 6.42 Å². The third kappa shape index (κ3) is 3.43. The van der Waals surface area contributed by atoms with Crippen LogP contribution in [-0.4, -0.2) is 25.5 Å². The highest BCUT2D eigenvalue weighted by Gasteiger charge is 2.39. The van der Waals surface area contributed by atoms with Crippen molar-refractivity contribution in [2.45, 2.75) is 45.1 Å². The number of hydrogen-bond donors (Lipinski definition) is 1. The molecule has 1 aliphatic heterocycles. The molecular formula is C17H25NO3. The van der Waals surface area contributed by atoms with Crippen LogP contribution in [0.5, 0.6) is 17.2 Å². The number of hydrogen-bond acceptors (Lipinski definition) is 4. The lowest BCUT2D eigenvalue weighted by Gasteiger charge is -2.42. The van der Waals surface area contributed by atoms with Crippen LogP contribution >= 0.6 is 0 Å². The average molecular weight is 291 g/mol. The fraction of sp³-hybridized carbons (Fsp3) is 0.647. The molecule has 0 radical (unpaired) electrons. The summed E-state index contributed by atoms with van der Waals surface area (Å²) < 4.78 is 17.0. The first-order valence-electron chi connectivity index (χ1n) is 7.96. The van der Waals surface area contributed by atoms with Crippen LogP contribution in [0.15, 0.2) is 18.2 Å². The third-order valence-corrected chi connectivity index (χ3v) is 4.25. The lowest BCUT2D eigenvalue weighted by Crippen LogP contribution is -2.45. The Bertz CT molecular complexity index is 483. The highest BCUT2D eigenvalue weighted by molar-refractivity contribution is 5.47. The first-order valence-corrected chi connectivity index (χ1v) is 7.96. The van der Waals surface area contributed by atoms with Crippen LogP contribution < -0.4 is 19.5 Å². The van der Waals surface area contributed by atoms with E-state index in [0.717, 1.165) is 49.6 Å². The molecule has 1 aromatic rings. The first kappa shape index (κ1) is 14.5. The van der Waals surface area contributed by atoms with Gasteiger partial charge in [0.25, 0.3) is 0 Å². The van der Waals surface area contributed by atoms with Crippen LogP contribution in [-0.2, 0) is 0 Å². The Balaban J connectivity index is 1.56. The molecule has 21 heavy (non-hydrogen) atoms.